The zero-order chi connectivity index (χ0) is 9.19. The molecule has 2 N–H and O–H groups in total. The molecule has 12 heavy (non-hydrogen) atoms. The van der Waals surface area contributed by atoms with Crippen LogP contribution in [0.15, 0.2) is 29.2 Å². The van der Waals surface area contributed by atoms with Crippen LogP contribution in [0.4, 0.5) is 0 Å². The summed E-state index contributed by atoms with van der Waals surface area (Å²) in [6.07, 6.45) is 0.807. The fraction of sp³-hybridized carbons (Fsp3) is 0.250. The number of benzene rings is 1. The molecule has 0 bridgehead atoms. The highest BCUT2D eigenvalue weighted by Crippen LogP contribution is 2.13. The first-order valence-electron chi connectivity index (χ1n) is 3.66. The molecule has 1 aromatic rings. The van der Waals surface area contributed by atoms with Crippen molar-refractivity contribution in [2.24, 2.45) is 5.14 Å². The zero-order valence-corrected chi connectivity index (χ0v) is 8.45. The molecule has 0 spiro atoms. The molecule has 0 radical (unpaired) electrons. The third-order valence-electron chi connectivity index (χ3n) is 1.66. The SMILES string of the molecule is CCc1ccccc1S(N)(=O)=S. The summed E-state index contributed by atoms with van der Waals surface area (Å²) in [6.45, 7) is 1.99. The molecule has 0 heterocycles. The van der Waals surface area contributed by atoms with Crippen molar-refractivity contribution in [3.05, 3.63) is 29.8 Å². The quantitative estimate of drug-likeness (QED) is 0.782. The highest BCUT2D eigenvalue weighted by Gasteiger charge is 2.07. The van der Waals surface area contributed by atoms with Crippen molar-refractivity contribution in [2.75, 3.05) is 0 Å². The molecule has 66 valence electrons. The number of nitrogens with two attached hydrogens (primary N) is 1. The number of rotatable bonds is 2. The summed E-state index contributed by atoms with van der Waals surface area (Å²) in [5, 5.41) is 5.38. The van der Waals surface area contributed by atoms with Crippen LogP contribution in [0, 0.1) is 0 Å². The maximum absolute atomic E-state index is 11.4. The van der Waals surface area contributed by atoms with Crippen LogP contribution in [0.2, 0.25) is 0 Å². The van der Waals surface area contributed by atoms with Crippen molar-refractivity contribution in [1.29, 1.82) is 0 Å². The third-order valence-corrected chi connectivity index (χ3v) is 3.21. The zero-order valence-electron chi connectivity index (χ0n) is 6.82. The van der Waals surface area contributed by atoms with E-state index in [1.807, 2.05) is 19.1 Å². The molecular weight excluding hydrogens is 190 g/mol. The Morgan fingerprint density at radius 2 is 2.08 bits per heavy atom. The van der Waals surface area contributed by atoms with Gasteiger partial charge in [0.25, 0.3) is 0 Å². The van der Waals surface area contributed by atoms with Crippen molar-refractivity contribution >= 4 is 19.9 Å². The van der Waals surface area contributed by atoms with Crippen molar-refractivity contribution < 1.29 is 4.21 Å². The lowest BCUT2D eigenvalue weighted by atomic mass is 10.2. The Labute approximate surface area is 77.6 Å². The van der Waals surface area contributed by atoms with E-state index in [9.17, 15) is 4.21 Å². The number of hydrogen-bond acceptors (Lipinski definition) is 2. The molecule has 0 aliphatic rings. The van der Waals surface area contributed by atoms with E-state index in [0.717, 1.165) is 12.0 Å². The van der Waals surface area contributed by atoms with Gasteiger partial charge in [0.2, 0.25) is 0 Å². The Balaban J connectivity index is 3.33. The van der Waals surface area contributed by atoms with Gasteiger partial charge in [0, 0.05) is 11.2 Å². The van der Waals surface area contributed by atoms with Crippen LogP contribution in [-0.2, 0) is 26.3 Å². The summed E-state index contributed by atoms with van der Waals surface area (Å²) >= 11 is 4.71. The van der Waals surface area contributed by atoms with E-state index in [4.69, 9.17) is 16.3 Å². The van der Waals surface area contributed by atoms with Crippen LogP contribution in [0.5, 0.6) is 0 Å². The largest absolute Gasteiger partial charge is 0.247 e. The summed E-state index contributed by atoms with van der Waals surface area (Å²) in [6, 6.07) is 7.32. The summed E-state index contributed by atoms with van der Waals surface area (Å²) in [5.74, 6) is 0. The van der Waals surface area contributed by atoms with Crippen LogP contribution in [0.1, 0.15) is 12.5 Å². The van der Waals surface area contributed by atoms with Gasteiger partial charge in [0.15, 0.2) is 0 Å². The second-order valence-corrected chi connectivity index (χ2v) is 5.52. The van der Waals surface area contributed by atoms with E-state index >= 15 is 0 Å². The first-order valence-corrected chi connectivity index (χ1v) is 6.21. The topological polar surface area (TPSA) is 43.1 Å². The molecule has 2 nitrogen and oxygen atoms in total. The van der Waals surface area contributed by atoms with E-state index < -0.39 is 8.68 Å². The minimum Gasteiger partial charge on any atom is -0.247 e. The minimum absolute atomic E-state index is 0.600. The van der Waals surface area contributed by atoms with E-state index in [0.29, 0.717) is 4.90 Å². The molecule has 0 saturated carbocycles. The molecule has 0 aliphatic carbocycles. The predicted molar refractivity (Wildman–Crippen MR) is 53.8 cm³/mol. The second kappa shape index (κ2) is 3.51. The van der Waals surface area contributed by atoms with Gasteiger partial charge < -0.3 is 0 Å². The molecule has 4 heteroatoms. The first kappa shape index (κ1) is 9.64. The summed E-state index contributed by atoms with van der Waals surface area (Å²) in [5.41, 5.74) is 0.972. The van der Waals surface area contributed by atoms with Crippen molar-refractivity contribution in [2.45, 2.75) is 18.2 Å². The highest BCUT2D eigenvalue weighted by atomic mass is 32.8. The molecule has 0 aromatic heterocycles. The lowest BCUT2D eigenvalue weighted by Crippen LogP contribution is -2.12. The van der Waals surface area contributed by atoms with E-state index in [2.05, 4.69) is 0 Å². The number of hydrogen-bond donors (Lipinski definition) is 1. The fourth-order valence-electron chi connectivity index (χ4n) is 1.07. The van der Waals surface area contributed by atoms with E-state index in [1.165, 1.54) is 0 Å². The maximum atomic E-state index is 11.4. The van der Waals surface area contributed by atoms with Gasteiger partial charge >= 0.3 is 0 Å². The Bertz CT molecular complexity index is 370. The fourth-order valence-corrected chi connectivity index (χ4v) is 2.41. The van der Waals surface area contributed by atoms with Crippen LogP contribution >= 0.6 is 0 Å². The Morgan fingerprint density at radius 1 is 1.50 bits per heavy atom. The summed E-state index contributed by atoms with van der Waals surface area (Å²) in [7, 11) is -2.71. The molecule has 1 aromatic carbocycles. The molecule has 0 aliphatic heterocycles. The Hall–Kier alpha value is -0.450. The van der Waals surface area contributed by atoms with Gasteiger partial charge in [-0.15, -0.1) is 0 Å². The Morgan fingerprint density at radius 3 is 2.50 bits per heavy atom. The smallest absolute Gasteiger partial charge is 0.116 e. The van der Waals surface area contributed by atoms with Crippen molar-refractivity contribution in [3.8, 4) is 0 Å². The lowest BCUT2D eigenvalue weighted by Gasteiger charge is -2.05. The average molecular weight is 201 g/mol. The molecular formula is C8H11NOS2. The van der Waals surface area contributed by atoms with Gasteiger partial charge in [0.05, 0.1) is 4.90 Å². The first-order chi connectivity index (χ1) is 5.55. The normalized spacial score (nSPS) is 15.5. The third kappa shape index (κ3) is 2.03. The lowest BCUT2D eigenvalue weighted by molar-refractivity contribution is 0.682. The van der Waals surface area contributed by atoms with Crippen molar-refractivity contribution in [1.82, 2.24) is 0 Å². The summed E-state index contributed by atoms with van der Waals surface area (Å²) in [4.78, 5) is 0.600. The monoisotopic (exact) mass is 201 g/mol. The Kier molecular flexibility index (Phi) is 2.82. The molecule has 0 fully saturated rings. The van der Waals surface area contributed by atoms with E-state index in [1.54, 1.807) is 12.1 Å². The van der Waals surface area contributed by atoms with Crippen LogP contribution in [-0.4, -0.2) is 4.21 Å². The molecule has 1 unspecified atom stereocenters. The van der Waals surface area contributed by atoms with E-state index in [-0.39, 0.29) is 0 Å². The van der Waals surface area contributed by atoms with Gasteiger partial charge in [-0.25, -0.2) is 9.35 Å². The van der Waals surface area contributed by atoms with Gasteiger partial charge in [-0.05, 0) is 18.1 Å². The number of aryl methyl sites for hydroxylation is 1. The van der Waals surface area contributed by atoms with Crippen molar-refractivity contribution in [3.63, 3.8) is 0 Å². The average Bonchev–Trinajstić information content (AvgIpc) is 2.03. The van der Waals surface area contributed by atoms with Crippen LogP contribution < -0.4 is 5.14 Å². The molecule has 1 rings (SSSR count). The molecule has 1 atom stereocenters. The second-order valence-electron chi connectivity index (χ2n) is 2.51. The molecule has 0 amide bonds. The maximum Gasteiger partial charge on any atom is 0.116 e. The van der Waals surface area contributed by atoms with Gasteiger partial charge in [-0.1, -0.05) is 25.1 Å². The van der Waals surface area contributed by atoms with Gasteiger partial charge in [0.1, 0.15) is 8.68 Å². The predicted octanol–water partition coefficient (Wildman–Crippen LogP) is 1.23. The van der Waals surface area contributed by atoms with Crippen LogP contribution in [0.3, 0.4) is 0 Å². The van der Waals surface area contributed by atoms with Crippen LogP contribution in [0.25, 0.3) is 0 Å². The standard InChI is InChI=1S/C8H11NOS2/c1-2-7-5-3-4-6-8(7)12(9,10)11/h3-6H,2H2,1H3,(H2,9,10,11). The highest BCUT2D eigenvalue weighted by molar-refractivity contribution is 8.31. The summed E-state index contributed by atoms with van der Waals surface area (Å²) < 4.78 is 11.4. The molecule has 0 saturated heterocycles. The van der Waals surface area contributed by atoms with Gasteiger partial charge in [-0.3, -0.25) is 0 Å². The minimum atomic E-state index is -2.71. The van der Waals surface area contributed by atoms with Gasteiger partial charge in [-0.2, -0.15) is 0 Å².